The second kappa shape index (κ2) is 9.98. The van der Waals surface area contributed by atoms with Crippen LogP contribution in [0, 0.1) is 10.1 Å². The van der Waals surface area contributed by atoms with Crippen LogP contribution in [-0.4, -0.2) is 51.4 Å². The molecule has 0 atom stereocenters. The summed E-state index contributed by atoms with van der Waals surface area (Å²) in [5, 5.41) is 11.9. The number of piperidine rings is 1. The summed E-state index contributed by atoms with van der Waals surface area (Å²) >= 11 is 0. The van der Waals surface area contributed by atoms with Crippen molar-refractivity contribution in [2.24, 2.45) is 0 Å². The topological polar surface area (TPSA) is 122 Å². The molecule has 0 saturated carbocycles. The van der Waals surface area contributed by atoms with Gasteiger partial charge in [-0.25, -0.2) is 9.78 Å². The van der Waals surface area contributed by atoms with Gasteiger partial charge in [0, 0.05) is 44.0 Å². The highest BCUT2D eigenvalue weighted by Crippen LogP contribution is 2.37. The van der Waals surface area contributed by atoms with Gasteiger partial charge in [0.15, 0.2) is 0 Å². The summed E-state index contributed by atoms with van der Waals surface area (Å²) in [6, 6.07) is 11.0. The summed E-state index contributed by atoms with van der Waals surface area (Å²) in [5.74, 6) is 0.451. The first-order valence-corrected chi connectivity index (χ1v) is 10.5. The van der Waals surface area contributed by atoms with Crippen molar-refractivity contribution >= 4 is 17.7 Å². The Morgan fingerprint density at radius 3 is 2.48 bits per heavy atom. The summed E-state index contributed by atoms with van der Waals surface area (Å²) in [6.07, 6.45) is 5.05. The van der Waals surface area contributed by atoms with Gasteiger partial charge in [-0.15, -0.1) is 0 Å². The molecule has 11 heteroatoms. The lowest BCUT2D eigenvalue weighted by atomic mass is 10.1. The van der Waals surface area contributed by atoms with Crippen LogP contribution in [-0.2, 0) is 9.47 Å². The average molecular weight is 453 g/mol. The molecule has 0 aliphatic carbocycles. The fraction of sp³-hybridized carbons (Fsp3) is 0.318. The van der Waals surface area contributed by atoms with E-state index in [-0.39, 0.29) is 30.1 Å². The van der Waals surface area contributed by atoms with Crippen molar-refractivity contribution < 1.29 is 23.9 Å². The molecule has 33 heavy (non-hydrogen) atoms. The lowest BCUT2D eigenvalue weighted by molar-refractivity contribution is -0.385. The minimum Gasteiger partial charge on any atom is -0.435 e. The van der Waals surface area contributed by atoms with E-state index >= 15 is 0 Å². The van der Waals surface area contributed by atoms with E-state index in [1.54, 1.807) is 24.0 Å². The zero-order chi connectivity index (χ0) is 23.2. The molecule has 3 heterocycles. The first kappa shape index (κ1) is 22.1. The highest BCUT2D eigenvalue weighted by Gasteiger charge is 2.32. The molecule has 11 nitrogen and oxygen atoms in total. The smallest absolute Gasteiger partial charge is 0.435 e. The maximum atomic E-state index is 11.9. The second-order valence-electron chi connectivity index (χ2n) is 7.28. The second-order valence-corrected chi connectivity index (χ2v) is 7.28. The van der Waals surface area contributed by atoms with Gasteiger partial charge < -0.3 is 23.7 Å². The molecule has 0 bridgehead atoms. The van der Waals surface area contributed by atoms with Crippen molar-refractivity contribution in [2.45, 2.75) is 25.9 Å². The van der Waals surface area contributed by atoms with Gasteiger partial charge in [-0.3, -0.25) is 10.1 Å². The van der Waals surface area contributed by atoms with Crippen molar-refractivity contribution in [1.29, 1.82) is 0 Å². The number of rotatable bonds is 7. The van der Waals surface area contributed by atoms with Crippen LogP contribution >= 0.6 is 0 Å². The molecule has 2 aromatic heterocycles. The van der Waals surface area contributed by atoms with E-state index in [4.69, 9.17) is 14.2 Å². The maximum absolute atomic E-state index is 11.9. The van der Waals surface area contributed by atoms with Gasteiger partial charge >= 0.3 is 17.7 Å². The lowest BCUT2D eigenvalue weighted by Crippen LogP contribution is -2.38. The van der Waals surface area contributed by atoms with Gasteiger partial charge in [-0.2, -0.15) is 4.98 Å². The SMILES string of the molecule is CCOC(=O)OC1CCN(c2ncnc(Oc3ccc(-n4cccc4)cc3)c2[N+](=O)[O-])CC1. The Morgan fingerprint density at radius 1 is 1.15 bits per heavy atom. The third kappa shape index (κ3) is 5.20. The van der Waals surface area contributed by atoms with Crippen LogP contribution in [0.25, 0.3) is 5.69 Å². The summed E-state index contributed by atoms with van der Waals surface area (Å²) < 4.78 is 17.8. The molecule has 1 aromatic carbocycles. The number of aromatic nitrogens is 3. The number of carbonyl (C=O) groups excluding carboxylic acids is 1. The number of benzene rings is 1. The molecule has 1 fully saturated rings. The zero-order valence-corrected chi connectivity index (χ0v) is 18.0. The molecular weight excluding hydrogens is 430 g/mol. The number of ether oxygens (including phenoxy) is 3. The normalized spacial score (nSPS) is 14.0. The van der Waals surface area contributed by atoms with E-state index in [2.05, 4.69) is 9.97 Å². The van der Waals surface area contributed by atoms with E-state index in [9.17, 15) is 14.9 Å². The van der Waals surface area contributed by atoms with Crippen LogP contribution in [0.1, 0.15) is 19.8 Å². The molecule has 172 valence electrons. The largest absolute Gasteiger partial charge is 0.508 e. The van der Waals surface area contributed by atoms with E-state index in [1.165, 1.54) is 6.33 Å². The number of carbonyl (C=O) groups is 1. The molecule has 0 radical (unpaired) electrons. The predicted molar refractivity (Wildman–Crippen MR) is 118 cm³/mol. The van der Waals surface area contributed by atoms with Crippen molar-refractivity contribution in [3.05, 3.63) is 65.2 Å². The molecule has 1 saturated heterocycles. The Bertz CT molecular complexity index is 1090. The molecule has 4 rings (SSSR count). The van der Waals surface area contributed by atoms with Crippen LogP contribution in [0.15, 0.2) is 55.1 Å². The summed E-state index contributed by atoms with van der Waals surface area (Å²) in [4.78, 5) is 32.8. The highest BCUT2D eigenvalue weighted by atomic mass is 16.7. The molecule has 0 unspecified atom stereocenters. The van der Waals surface area contributed by atoms with Gasteiger partial charge in [0.1, 0.15) is 18.2 Å². The van der Waals surface area contributed by atoms with E-state index in [1.807, 2.05) is 41.2 Å². The number of anilines is 1. The Labute approximate surface area is 189 Å². The number of hydrogen-bond donors (Lipinski definition) is 0. The Morgan fingerprint density at radius 2 is 1.85 bits per heavy atom. The van der Waals surface area contributed by atoms with Gasteiger partial charge in [0.05, 0.1) is 11.5 Å². The fourth-order valence-corrected chi connectivity index (χ4v) is 3.60. The van der Waals surface area contributed by atoms with Crippen molar-refractivity contribution in [1.82, 2.24) is 14.5 Å². The summed E-state index contributed by atoms with van der Waals surface area (Å²) in [6.45, 7) is 2.79. The zero-order valence-electron chi connectivity index (χ0n) is 18.0. The molecule has 1 aliphatic rings. The van der Waals surface area contributed by atoms with Gasteiger partial charge in [0.2, 0.25) is 5.82 Å². The van der Waals surface area contributed by atoms with Crippen LogP contribution in [0.5, 0.6) is 11.6 Å². The number of hydrogen-bond acceptors (Lipinski definition) is 9. The van der Waals surface area contributed by atoms with Crippen LogP contribution in [0.2, 0.25) is 0 Å². The van der Waals surface area contributed by atoms with Gasteiger partial charge in [-0.05, 0) is 43.3 Å². The first-order chi connectivity index (χ1) is 16.0. The molecule has 3 aromatic rings. The molecule has 0 N–H and O–H groups in total. The van der Waals surface area contributed by atoms with Crippen molar-refractivity contribution in [3.8, 4) is 17.3 Å². The summed E-state index contributed by atoms with van der Waals surface area (Å²) in [7, 11) is 0. The Kier molecular flexibility index (Phi) is 6.67. The third-order valence-electron chi connectivity index (χ3n) is 5.17. The molecule has 1 aliphatic heterocycles. The average Bonchev–Trinajstić information content (AvgIpc) is 3.35. The monoisotopic (exact) mass is 453 g/mol. The van der Waals surface area contributed by atoms with E-state index in [0.717, 1.165) is 5.69 Å². The van der Waals surface area contributed by atoms with Gasteiger partial charge in [0.25, 0.3) is 0 Å². The van der Waals surface area contributed by atoms with Crippen LogP contribution in [0.4, 0.5) is 16.3 Å². The van der Waals surface area contributed by atoms with E-state index < -0.39 is 11.1 Å². The molecule has 0 amide bonds. The van der Waals surface area contributed by atoms with Crippen molar-refractivity contribution in [2.75, 3.05) is 24.6 Å². The lowest BCUT2D eigenvalue weighted by Gasteiger charge is -2.31. The summed E-state index contributed by atoms with van der Waals surface area (Å²) in [5.41, 5.74) is 0.620. The fourth-order valence-electron chi connectivity index (χ4n) is 3.60. The quantitative estimate of drug-likeness (QED) is 0.295. The Hall–Kier alpha value is -4.15. The van der Waals surface area contributed by atoms with Gasteiger partial charge in [-0.1, -0.05) is 0 Å². The number of nitro groups is 1. The minimum atomic E-state index is -0.706. The van der Waals surface area contributed by atoms with E-state index in [0.29, 0.717) is 31.7 Å². The predicted octanol–water partition coefficient (Wildman–Crippen LogP) is 4.11. The standard InChI is InChI=1S/C22H23N5O6/c1-2-31-22(28)33-18-9-13-26(14-10-18)20-19(27(29)30)21(24-15-23-20)32-17-7-5-16(6-8-17)25-11-3-4-12-25/h3-8,11-12,15,18H,2,9-10,13-14H2,1H3. The number of nitrogens with zero attached hydrogens (tertiary/aromatic N) is 5. The molecular formula is C22H23N5O6. The van der Waals surface area contributed by atoms with Crippen molar-refractivity contribution in [3.63, 3.8) is 0 Å². The minimum absolute atomic E-state index is 0.136. The Balaban J connectivity index is 1.48. The first-order valence-electron chi connectivity index (χ1n) is 10.5. The third-order valence-corrected chi connectivity index (χ3v) is 5.17. The highest BCUT2D eigenvalue weighted by molar-refractivity contribution is 5.64. The maximum Gasteiger partial charge on any atom is 0.508 e. The van der Waals surface area contributed by atoms with Crippen LogP contribution in [0.3, 0.4) is 0 Å². The van der Waals surface area contributed by atoms with Crippen LogP contribution < -0.4 is 9.64 Å². The molecule has 0 spiro atoms.